The van der Waals surface area contributed by atoms with Crippen molar-refractivity contribution in [3.05, 3.63) is 34.9 Å². The minimum absolute atomic E-state index is 0.0393. The third kappa shape index (κ3) is 4.74. The van der Waals surface area contributed by atoms with Gasteiger partial charge >= 0.3 is 0 Å². The fourth-order valence-electron chi connectivity index (χ4n) is 3.02. The van der Waals surface area contributed by atoms with Crippen LogP contribution in [0, 0.1) is 13.8 Å². The standard InChI is InChI=1S/C18H26N2O2S/c1-5-23-15(4)18(22)20-7-6-19(17(21)12-20)11-16-9-13(2)8-14(3)10-16/h8-10,15H,5-7,11-12H2,1-4H3/t15-/m0/s1. The SMILES string of the molecule is CCS[C@@H](C)C(=O)N1CCN(Cc2cc(C)cc(C)c2)C(=O)C1. The van der Waals surface area contributed by atoms with Gasteiger partial charge in [-0.15, -0.1) is 11.8 Å². The Labute approximate surface area is 143 Å². The fraction of sp³-hybridized carbons (Fsp3) is 0.556. The van der Waals surface area contributed by atoms with Crippen molar-refractivity contribution < 1.29 is 9.59 Å². The first-order chi connectivity index (χ1) is 10.9. The highest BCUT2D eigenvalue weighted by molar-refractivity contribution is 8.00. The van der Waals surface area contributed by atoms with E-state index in [2.05, 4.69) is 32.0 Å². The van der Waals surface area contributed by atoms with E-state index >= 15 is 0 Å². The van der Waals surface area contributed by atoms with Crippen LogP contribution in [0.3, 0.4) is 0 Å². The Hall–Kier alpha value is -1.49. The Balaban J connectivity index is 1.96. The van der Waals surface area contributed by atoms with Crippen LogP contribution >= 0.6 is 11.8 Å². The summed E-state index contributed by atoms with van der Waals surface area (Å²) in [4.78, 5) is 28.3. The van der Waals surface area contributed by atoms with E-state index in [1.54, 1.807) is 16.7 Å². The zero-order valence-electron chi connectivity index (χ0n) is 14.5. The summed E-state index contributed by atoms with van der Waals surface area (Å²) < 4.78 is 0. The van der Waals surface area contributed by atoms with Crippen molar-refractivity contribution in [2.24, 2.45) is 0 Å². The Morgan fingerprint density at radius 2 is 1.87 bits per heavy atom. The molecule has 0 unspecified atom stereocenters. The van der Waals surface area contributed by atoms with Crippen LogP contribution in [-0.2, 0) is 16.1 Å². The highest BCUT2D eigenvalue weighted by Gasteiger charge is 2.29. The van der Waals surface area contributed by atoms with Gasteiger partial charge in [0, 0.05) is 19.6 Å². The molecular weight excluding hydrogens is 308 g/mol. The van der Waals surface area contributed by atoms with Gasteiger partial charge in [0.25, 0.3) is 0 Å². The summed E-state index contributed by atoms with van der Waals surface area (Å²) in [6, 6.07) is 6.38. The molecule has 0 bridgehead atoms. The average molecular weight is 334 g/mol. The Morgan fingerprint density at radius 1 is 1.22 bits per heavy atom. The van der Waals surface area contributed by atoms with E-state index in [9.17, 15) is 9.59 Å². The number of amides is 2. The molecule has 1 aromatic carbocycles. The number of hydrogen-bond donors (Lipinski definition) is 0. The minimum Gasteiger partial charge on any atom is -0.335 e. The maximum Gasteiger partial charge on any atom is 0.242 e. The first-order valence-corrected chi connectivity index (χ1v) is 9.21. The number of rotatable bonds is 5. The lowest BCUT2D eigenvalue weighted by Crippen LogP contribution is -2.53. The van der Waals surface area contributed by atoms with Crippen LogP contribution in [0.2, 0.25) is 0 Å². The fourth-order valence-corrected chi connectivity index (χ4v) is 3.81. The minimum atomic E-state index is -0.0706. The number of piperazine rings is 1. The third-order valence-corrected chi connectivity index (χ3v) is 5.08. The van der Waals surface area contributed by atoms with E-state index in [1.165, 1.54) is 11.1 Å². The van der Waals surface area contributed by atoms with Crippen molar-refractivity contribution in [1.82, 2.24) is 9.80 Å². The summed E-state index contributed by atoms with van der Waals surface area (Å²) in [5.74, 6) is 1.03. The van der Waals surface area contributed by atoms with Gasteiger partial charge in [-0.1, -0.05) is 36.2 Å². The summed E-state index contributed by atoms with van der Waals surface area (Å²) in [6.07, 6.45) is 0. The van der Waals surface area contributed by atoms with E-state index in [-0.39, 0.29) is 23.6 Å². The van der Waals surface area contributed by atoms with Crippen LogP contribution in [-0.4, -0.2) is 52.3 Å². The molecule has 5 heteroatoms. The number of aryl methyl sites for hydroxylation is 2. The molecule has 1 aliphatic rings. The molecule has 0 spiro atoms. The molecule has 0 N–H and O–H groups in total. The zero-order chi connectivity index (χ0) is 17.0. The predicted molar refractivity (Wildman–Crippen MR) is 95.5 cm³/mol. The third-order valence-electron chi connectivity index (χ3n) is 4.05. The van der Waals surface area contributed by atoms with Gasteiger partial charge < -0.3 is 9.80 Å². The van der Waals surface area contributed by atoms with Crippen LogP contribution in [0.15, 0.2) is 18.2 Å². The van der Waals surface area contributed by atoms with Crippen LogP contribution < -0.4 is 0 Å². The molecule has 1 saturated heterocycles. The molecule has 0 radical (unpaired) electrons. The summed E-state index contributed by atoms with van der Waals surface area (Å²) in [5.41, 5.74) is 3.59. The molecule has 1 aliphatic heterocycles. The summed E-state index contributed by atoms with van der Waals surface area (Å²) in [5, 5.41) is -0.0706. The Morgan fingerprint density at radius 3 is 2.43 bits per heavy atom. The van der Waals surface area contributed by atoms with Gasteiger partial charge in [0.1, 0.15) is 0 Å². The van der Waals surface area contributed by atoms with E-state index < -0.39 is 0 Å². The second kappa shape index (κ2) is 7.86. The number of hydrogen-bond acceptors (Lipinski definition) is 3. The van der Waals surface area contributed by atoms with Crippen LogP contribution in [0.4, 0.5) is 0 Å². The molecule has 1 atom stereocenters. The van der Waals surface area contributed by atoms with E-state index in [1.807, 2.05) is 18.7 Å². The molecule has 0 saturated carbocycles. The van der Waals surface area contributed by atoms with Crippen molar-refractivity contribution in [2.45, 2.75) is 39.5 Å². The lowest BCUT2D eigenvalue weighted by Gasteiger charge is -2.35. The summed E-state index contributed by atoms with van der Waals surface area (Å²) in [7, 11) is 0. The van der Waals surface area contributed by atoms with Gasteiger partial charge in [-0.3, -0.25) is 9.59 Å². The smallest absolute Gasteiger partial charge is 0.242 e. The molecule has 2 rings (SSSR count). The monoisotopic (exact) mass is 334 g/mol. The molecule has 1 heterocycles. The van der Waals surface area contributed by atoms with Crippen LogP contribution in [0.5, 0.6) is 0 Å². The van der Waals surface area contributed by atoms with Crippen molar-refractivity contribution in [3.8, 4) is 0 Å². The highest BCUT2D eigenvalue weighted by Crippen LogP contribution is 2.17. The summed E-state index contributed by atoms with van der Waals surface area (Å²) in [6.45, 7) is 10.2. The lowest BCUT2D eigenvalue weighted by atomic mass is 10.1. The van der Waals surface area contributed by atoms with Gasteiger partial charge in [0.2, 0.25) is 11.8 Å². The molecule has 126 valence electrons. The lowest BCUT2D eigenvalue weighted by molar-refractivity contribution is -0.145. The molecule has 1 aromatic rings. The Kier molecular flexibility index (Phi) is 6.10. The number of nitrogens with zero attached hydrogens (tertiary/aromatic N) is 2. The predicted octanol–water partition coefficient (Wildman–Crippen LogP) is 2.62. The second-order valence-corrected chi connectivity index (χ2v) is 7.79. The topological polar surface area (TPSA) is 40.6 Å². The van der Waals surface area contributed by atoms with E-state index in [0.29, 0.717) is 19.6 Å². The molecule has 0 aromatic heterocycles. The molecule has 23 heavy (non-hydrogen) atoms. The molecular formula is C18H26N2O2S. The Bertz CT molecular complexity index is 568. The largest absolute Gasteiger partial charge is 0.335 e. The van der Waals surface area contributed by atoms with Crippen molar-refractivity contribution in [2.75, 3.05) is 25.4 Å². The molecule has 1 fully saturated rings. The van der Waals surface area contributed by atoms with Gasteiger partial charge in [0.05, 0.1) is 11.8 Å². The van der Waals surface area contributed by atoms with Crippen molar-refractivity contribution in [1.29, 1.82) is 0 Å². The quantitative estimate of drug-likeness (QED) is 0.831. The number of carbonyl (C=O) groups excluding carboxylic acids is 2. The number of benzene rings is 1. The van der Waals surface area contributed by atoms with Crippen molar-refractivity contribution in [3.63, 3.8) is 0 Å². The maximum absolute atomic E-state index is 12.4. The van der Waals surface area contributed by atoms with E-state index in [4.69, 9.17) is 0 Å². The second-order valence-electron chi connectivity index (χ2n) is 6.17. The first kappa shape index (κ1) is 17.9. The normalized spacial score (nSPS) is 16.6. The maximum atomic E-state index is 12.4. The van der Waals surface area contributed by atoms with Gasteiger partial charge in [-0.2, -0.15) is 0 Å². The number of carbonyl (C=O) groups is 2. The average Bonchev–Trinajstić information content (AvgIpc) is 2.48. The molecule has 4 nitrogen and oxygen atoms in total. The van der Waals surface area contributed by atoms with Crippen LogP contribution in [0.25, 0.3) is 0 Å². The van der Waals surface area contributed by atoms with Gasteiger partial charge in [-0.05, 0) is 32.1 Å². The van der Waals surface area contributed by atoms with Gasteiger partial charge in [0.15, 0.2) is 0 Å². The zero-order valence-corrected chi connectivity index (χ0v) is 15.3. The summed E-state index contributed by atoms with van der Waals surface area (Å²) >= 11 is 1.62. The van der Waals surface area contributed by atoms with E-state index in [0.717, 1.165) is 11.3 Å². The van der Waals surface area contributed by atoms with Crippen LogP contribution in [0.1, 0.15) is 30.5 Å². The molecule has 0 aliphatic carbocycles. The first-order valence-electron chi connectivity index (χ1n) is 8.16. The number of thioether (sulfide) groups is 1. The highest BCUT2D eigenvalue weighted by atomic mass is 32.2. The van der Waals surface area contributed by atoms with Gasteiger partial charge in [-0.25, -0.2) is 0 Å². The molecule has 2 amide bonds. The van der Waals surface area contributed by atoms with Crippen molar-refractivity contribution >= 4 is 23.6 Å².